The molecule has 2 heterocycles. The maximum atomic E-state index is 4.53. The van der Waals surface area contributed by atoms with Crippen molar-refractivity contribution in [1.29, 1.82) is 0 Å². The molecule has 0 amide bonds. The molecule has 7 aromatic rings. The number of fused-ring (bicyclic) bond motifs is 3. The largest absolute Gasteiger partial charge is 0.305 e. The van der Waals surface area contributed by atoms with Crippen molar-refractivity contribution in [3.05, 3.63) is 156 Å². The third-order valence-corrected chi connectivity index (χ3v) is 7.69. The zero-order chi connectivity index (χ0) is 29.1. The Balaban J connectivity index is 0.000000197. The van der Waals surface area contributed by atoms with Gasteiger partial charge in [0.2, 0.25) is 0 Å². The molecule has 5 aromatic carbocycles. The Morgan fingerprint density at radius 3 is 2.05 bits per heavy atom. The van der Waals surface area contributed by atoms with Gasteiger partial charge in [0.1, 0.15) is 0 Å². The van der Waals surface area contributed by atoms with E-state index in [0.29, 0.717) is 0 Å². The average Bonchev–Trinajstić information content (AvgIpc) is 3.03. The fourth-order valence-corrected chi connectivity index (χ4v) is 5.19. The number of aryl methyl sites for hydroxylation is 4. The zero-order valence-electron chi connectivity index (χ0n) is 24.8. The topological polar surface area (TPSA) is 25.8 Å². The van der Waals surface area contributed by atoms with E-state index in [-0.39, 0.29) is 20.1 Å². The molecule has 0 fully saturated rings. The van der Waals surface area contributed by atoms with Crippen LogP contribution < -0.4 is 0 Å². The Morgan fingerprint density at radius 1 is 0.558 bits per heavy atom. The summed E-state index contributed by atoms with van der Waals surface area (Å²) in [4.78, 5) is 8.93. The number of hydrogen-bond donors (Lipinski definition) is 0. The van der Waals surface area contributed by atoms with Crippen molar-refractivity contribution in [2.75, 3.05) is 0 Å². The van der Waals surface area contributed by atoms with Crippen molar-refractivity contribution in [2.45, 2.75) is 27.7 Å². The zero-order valence-corrected chi connectivity index (χ0v) is 27.2. The Bertz CT molecular complexity index is 2030. The van der Waals surface area contributed by atoms with Crippen molar-refractivity contribution < 1.29 is 20.1 Å². The molecule has 0 spiro atoms. The molecule has 0 aliphatic heterocycles. The van der Waals surface area contributed by atoms with Gasteiger partial charge in [-0.3, -0.25) is 0 Å². The van der Waals surface area contributed by atoms with E-state index in [1.54, 1.807) is 0 Å². The van der Waals surface area contributed by atoms with Crippen molar-refractivity contribution in [3.8, 4) is 33.6 Å². The van der Waals surface area contributed by atoms with Crippen molar-refractivity contribution in [1.82, 2.24) is 9.97 Å². The fourth-order valence-electron chi connectivity index (χ4n) is 5.19. The van der Waals surface area contributed by atoms with Crippen molar-refractivity contribution in [3.63, 3.8) is 0 Å². The normalized spacial score (nSPS) is 10.6. The predicted molar refractivity (Wildman–Crippen MR) is 176 cm³/mol. The van der Waals surface area contributed by atoms with E-state index < -0.39 is 0 Å². The number of rotatable bonds is 3. The van der Waals surface area contributed by atoms with Gasteiger partial charge in [0.15, 0.2) is 0 Å². The second-order valence-corrected chi connectivity index (χ2v) is 10.8. The van der Waals surface area contributed by atoms with Gasteiger partial charge in [0.25, 0.3) is 0 Å². The van der Waals surface area contributed by atoms with E-state index in [2.05, 4.69) is 141 Å². The van der Waals surface area contributed by atoms with Crippen molar-refractivity contribution >= 4 is 21.5 Å². The minimum absolute atomic E-state index is 0. The molecule has 0 aliphatic carbocycles. The summed E-state index contributed by atoms with van der Waals surface area (Å²) in [7, 11) is 0. The van der Waals surface area contributed by atoms with Gasteiger partial charge in [-0.1, -0.05) is 78.7 Å². The van der Waals surface area contributed by atoms with E-state index in [4.69, 9.17) is 0 Å². The first-order valence-electron chi connectivity index (χ1n) is 14.2. The molecule has 3 heteroatoms. The number of aromatic nitrogens is 2. The summed E-state index contributed by atoms with van der Waals surface area (Å²) in [6.45, 7) is 8.33. The Hall–Kier alpha value is -4.43. The van der Waals surface area contributed by atoms with Crippen LogP contribution in [0.4, 0.5) is 0 Å². The smallest absolute Gasteiger partial charge is 0.0192 e. The molecule has 0 bridgehead atoms. The Kier molecular flexibility index (Phi) is 9.26. The summed E-state index contributed by atoms with van der Waals surface area (Å²) in [5.41, 5.74) is 11.4. The molecular weight excluding hydrogens is 701 g/mol. The minimum Gasteiger partial charge on any atom is -0.305 e. The second-order valence-electron chi connectivity index (χ2n) is 10.8. The number of nitrogens with zero attached hydrogens (tertiary/aromatic N) is 2. The third-order valence-electron chi connectivity index (χ3n) is 7.69. The second kappa shape index (κ2) is 13.3. The fraction of sp³-hybridized carbons (Fsp3) is 0.100. The Morgan fingerprint density at radius 2 is 1.30 bits per heavy atom. The standard InChI is InChI=1S/C26H18N.C14H14N.Ir/c1-18-13-14-27-26(15-18)21-9-6-8-19(16-21)25-17-20-7-2-3-10-22(20)23-11-4-5-12-24(23)25;1-10-4-6-13(7-5-10)14-8-11(2)12(3)9-15-14;/h2-8,10-17H,1H3;4-6,8-9H,1-3H3;/q2*-1;. The SMILES string of the molecule is Cc1c[c-]c(-c2cc(C)c(C)cn2)cc1.Cc1ccnc(-c2[c-]ccc(-c3cc4ccccc4c4ccccc34)c2)c1.[Ir]. The molecule has 0 N–H and O–H groups in total. The van der Waals surface area contributed by atoms with E-state index in [1.807, 2.05) is 30.6 Å². The molecule has 0 aliphatic rings. The summed E-state index contributed by atoms with van der Waals surface area (Å²) in [5.74, 6) is 0. The third kappa shape index (κ3) is 6.65. The minimum atomic E-state index is 0. The van der Waals surface area contributed by atoms with E-state index >= 15 is 0 Å². The first-order valence-corrected chi connectivity index (χ1v) is 14.2. The molecule has 2 aromatic heterocycles. The van der Waals surface area contributed by atoms with E-state index in [1.165, 1.54) is 54.9 Å². The maximum absolute atomic E-state index is 4.53. The summed E-state index contributed by atoms with van der Waals surface area (Å²) >= 11 is 0. The molecule has 2 nitrogen and oxygen atoms in total. The van der Waals surface area contributed by atoms with Gasteiger partial charge in [-0.15, -0.1) is 70.8 Å². The van der Waals surface area contributed by atoms with E-state index in [9.17, 15) is 0 Å². The predicted octanol–water partition coefficient (Wildman–Crippen LogP) is 10.3. The van der Waals surface area contributed by atoms with Gasteiger partial charge in [-0.05, 0) is 77.0 Å². The van der Waals surface area contributed by atoms with Crippen LogP contribution in [0.5, 0.6) is 0 Å². The first-order chi connectivity index (χ1) is 20.5. The molecular formula is C40H32IrN2-2. The van der Waals surface area contributed by atoms with Crippen LogP contribution >= 0.6 is 0 Å². The van der Waals surface area contributed by atoms with Crippen LogP contribution in [0, 0.1) is 39.8 Å². The van der Waals surface area contributed by atoms with Crippen LogP contribution in [0.25, 0.3) is 55.2 Å². The molecule has 0 unspecified atom stereocenters. The number of benzene rings is 5. The first kappa shape index (κ1) is 30.0. The molecule has 0 saturated heterocycles. The monoisotopic (exact) mass is 733 g/mol. The van der Waals surface area contributed by atoms with Gasteiger partial charge >= 0.3 is 0 Å². The quantitative estimate of drug-likeness (QED) is 0.134. The van der Waals surface area contributed by atoms with E-state index in [0.717, 1.165) is 22.5 Å². The Labute approximate surface area is 267 Å². The number of pyridine rings is 2. The number of hydrogen-bond acceptors (Lipinski definition) is 2. The molecule has 0 atom stereocenters. The van der Waals surface area contributed by atoms with Crippen LogP contribution in [0.2, 0.25) is 0 Å². The molecule has 213 valence electrons. The van der Waals surface area contributed by atoms with Crippen LogP contribution in [0.15, 0.2) is 122 Å². The summed E-state index contributed by atoms with van der Waals surface area (Å²) < 4.78 is 0. The van der Waals surface area contributed by atoms with Crippen molar-refractivity contribution in [2.24, 2.45) is 0 Å². The van der Waals surface area contributed by atoms with Crippen LogP contribution in [0.3, 0.4) is 0 Å². The average molecular weight is 733 g/mol. The van der Waals surface area contributed by atoms with Gasteiger partial charge in [0.05, 0.1) is 0 Å². The molecule has 0 saturated carbocycles. The molecule has 7 rings (SSSR count). The van der Waals surface area contributed by atoms with Gasteiger partial charge in [-0.25, -0.2) is 0 Å². The summed E-state index contributed by atoms with van der Waals surface area (Å²) in [5, 5.41) is 5.10. The maximum Gasteiger partial charge on any atom is 0.0192 e. The molecule has 43 heavy (non-hydrogen) atoms. The van der Waals surface area contributed by atoms with Gasteiger partial charge in [-0.2, -0.15) is 0 Å². The molecule has 1 radical (unpaired) electrons. The van der Waals surface area contributed by atoms with Gasteiger partial charge < -0.3 is 9.97 Å². The summed E-state index contributed by atoms with van der Waals surface area (Å²) in [6.07, 6.45) is 3.77. The van der Waals surface area contributed by atoms with Gasteiger partial charge in [0, 0.05) is 32.5 Å². The summed E-state index contributed by atoms with van der Waals surface area (Å²) in [6, 6.07) is 44.8. The van der Waals surface area contributed by atoms with Crippen LogP contribution in [-0.4, -0.2) is 9.97 Å². The van der Waals surface area contributed by atoms with Crippen LogP contribution in [0.1, 0.15) is 22.3 Å². The van der Waals surface area contributed by atoms with Crippen LogP contribution in [-0.2, 0) is 20.1 Å².